The first-order chi connectivity index (χ1) is 13.7. The average molecular weight is 411 g/mol. The van der Waals surface area contributed by atoms with E-state index in [0.29, 0.717) is 0 Å². The number of nitrogens with one attached hydrogen (secondary N) is 1. The molecule has 12 nitrogen and oxygen atoms in total. The molecule has 1 unspecified atom stereocenters. The van der Waals surface area contributed by atoms with Gasteiger partial charge in [0.1, 0.15) is 18.0 Å². The lowest BCUT2D eigenvalue weighted by atomic mass is 9.90. The molecule has 0 saturated heterocycles. The number of aromatic nitrogens is 2. The molecule has 2 heterocycles. The van der Waals surface area contributed by atoms with Crippen molar-refractivity contribution in [1.29, 1.82) is 0 Å². The van der Waals surface area contributed by atoms with E-state index in [9.17, 15) is 24.0 Å². The van der Waals surface area contributed by atoms with Crippen LogP contribution < -0.4 is 21.3 Å². The molecule has 0 radical (unpaired) electrons. The summed E-state index contributed by atoms with van der Waals surface area (Å²) >= 11 is 0. The smallest absolute Gasteiger partial charge is 0.340 e. The quantitative estimate of drug-likeness (QED) is 0.423. The fourth-order valence-corrected chi connectivity index (χ4v) is 2.82. The highest BCUT2D eigenvalue weighted by atomic mass is 16.5. The van der Waals surface area contributed by atoms with Gasteiger partial charge in [0, 0.05) is 14.1 Å². The minimum atomic E-state index is -1.55. The monoisotopic (exact) mass is 411 g/mol. The molecule has 29 heavy (non-hydrogen) atoms. The van der Waals surface area contributed by atoms with Crippen LogP contribution >= 0.6 is 0 Å². The maximum Gasteiger partial charge on any atom is 0.340 e. The highest BCUT2D eigenvalue weighted by Gasteiger charge is 2.44. The molecule has 0 saturated carbocycles. The Labute approximate surface area is 164 Å². The van der Waals surface area contributed by atoms with Gasteiger partial charge in [-0.1, -0.05) is 0 Å². The van der Waals surface area contributed by atoms with Crippen molar-refractivity contribution in [2.24, 2.45) is 14.1 Å². The molecule has 1 aliphatic heterocycles. The van der Waals surface area contributed by atoms with Gasteiger partial charge in [-0.2, -0.15) is 0 Å². The number of methoxy groups -OCH3 is 2. The first-order valence-corrected chi connectivity index (χ1v) is 8.47. The van der Waals surface area contributed by atoms with Crippen molar-refractivity contribution in [1.82, 2.24) is 14.5 Å². The number of rotatable bonds is 6. The normalized spacial score (nSPS) is 15.1. The molecule has 0 fully saturated rings. The van der Waals surface area contributed by atoms with Gasteiger partial charge < -0.3 is 24.3 Å². The molecule has 1 aromatic rings. The Hall–Kier alpha value is -3.57. The molecule has 0 aromatic carbocycles. The summed E-state index contributed by atoms with van der Waals surface area (Å²) in [6.45, 7) is 1.33. The van der Waals surface area contributed by atoms with E-state index < -0.39 is 41.6 Å². The topological polar surface area (TPSA) is 144 Å². The van der Waals surface area contributed by atoms with Crippen LogP contribution in [0.15, 0.2) is 21.0 Å². The minimum absolute atomic E-state index is 0.127. The van der Waals surface area contributed by atoms with Crippen LogP contribution in [0.4, 0.5) is 0 Å². The van der Waals surface area contributed by atoms with Crippen LogP contribution in [-0.4, -0.2) is 54.4 Å². The summed E-state index contributed by atoms with van der Waals surface area (Å²) in [7, 11) is 4.68. The van der Waals surface area contributed by atoms with E-state index >= 15 is 0 Å². The summed E-state index contributed by atoms with van der Waals surface area (Å²) in [5.41, 5.74) is -2.22. The van der Waals surface area contributed by atoms with Crippen molar-refractivity contribution < 1.29 is 33.3 Å². The van der Waals surface area contributed by atoms with Crippen molar-refractivity contribution in [3.05, 3.63) is 37.9 Å². The number of hydrogen-bond acceptors (Lipinski definition) is 10. The average Bonchev–Trinajstić information content (AvgIpc) is 2.72. The first kappa shape index (κ1) is 21.7. The minimum Gasteiger partial charge on any atom is -0.468 e. The number of esters is 3. The Morgan fingerprint density at radius 3 is 2.31 bits per heavy atom. The maximum atomic E-state index is 12.7. The standard InChI is InChI=1S/C17H21N3O9/c1-6-28-8(21)7-18-12-10(16(24)27-5)9(15(23)26-4)11-13(22)19(2)17(25)20(3)14(11)29-12/h9,18H,6-7H2,1-5H3. The number of hydrogen-bond donors (Lipinski definition) is 1. The molecule has 2 rings (SSSR count). The zero-order chi connectivity index (χ0) is 21.9. The summed E-state index contributed by atoms with van der Waals surface area (Å²) in [5.74, 6) is -4.77. The van der Waals surface area contributed by atoms with Crippen molar-refractivity contribution in [2.75, 3.05) is 27.4 Å². The maximum absolute atomic E-state index is 12.7. The molecule has 0 bridgehead atoms. The van der Waals surface area contributed by atoms with Crippen molar-refractivity contribution in [3.63, 3.8) is 0 Å². The van der Waals surface area contributed by atoms with Crippen molar-refractivity contribution >= 4 is 17.9 Å². The molecule has 158 valence electrons. The van der Waals surface area contributed by atoms with Gasteiger partial charge in [0.15, 0.2) is 0 Å². The third-order valence-corrected chi connectivity index (χ3v) is 4.21. The predicted octanol–water partition coefficient (Wildman–Crippen LogP) is -1.73. The second kappa shape index (κ2) is 8.63. The molecule has 0 amide bonds. The second-order valence-electron chi connectivity index (χ2n) is 5.88. The number of carbonyl (C=O) groups is 3. The van der Waals surface area contributed by atoms with Crippen LogP contribution in [0.25, 0.3) is 0 Å². The summed E-state index contributed by atoms with van der Waals surface area (Å²) in [6.07, 6.45) is 0. The van der Waals surface area contributed by atoms with Gasteiger partial charge in [0.2, 0.25) is 11.8 Å². The van der Waals surface area contributed by atoms with Gasteiger partial charge in [-0.3, -0.25) is 23.5 Å². The van der Waals surface area contributed by atoms with E-state index in [1.165, 1.54) is 14.1 Å². The van der Waals surface area contributed by atoms with E-state index in [2.05, 4.69) is 5.32 Å². The molecule has 1 aliphatic rings. The highest BCUT2D eigenvalue weighted by Crippen LogP contribution is 2.37. The largest absolute Gasteiger partial charge is 0.468 e. The Bertz CT molecular complexity index is 1000. The fraction of sp³-hybridized carbons (Fsp3) is 0.471. The lowest BCUT2D eigenvalue weighted by Gasteiger charge is -2.28. The van der Waals surface area contributed by atoms with Gasteiger partial charge in [0.25, 0.3) is 5.56 Å². The number of nitrogens with zero attached hydrogens (tertiary/aromatic N) is 2. The van der Waals surface area contributed by atoms with Crippen molar-refractivity contribution in [2.45, 2.75) is 12.8 Å². The summed E-state index contributed by atoms with van der Waals surface area (Å²) < 4.78 is 21.6. The van der Waals surface area contributed by atoms with E-state index in [0.717, 1.165) is 23.4 Å². The molecule has 1 N–H and O–H groups in total. The van der Waals surface area contributed by atoms with Gasteiger partial charge in [-0.05, 0) is 6.92 Å². The fourth-order valence-electron chi connectivity index (χ4n) is 2.82. The van der Waals surface area contributed by atoms with Crippen LogP contribution in [0.2, 0.25) is 0 Å². The number of ether oxygens (including phenoxy) is 4. The summed E-state index contributed by atoms with van der Waals surface area (Å²) in [5, 5.41) is 2.55. The predicted molar refractivity (Wildman–Crippen MR) is 96.0 cm³/mol. The Morgan fingerprint density at radius 2 is 1.76 bits per heavy atom. The van der Waals surface area contributed by atoms with Crippen molar-refractivity contribution in [3.8, 4) is 5.88 Å². The van der Waals surface area contributed by atoms with Crippen LogP contribution in [0.1, 0.15) is 18.4 Å². The molecule has 12 heteroatoms. The molecular formula is C17H21N3O9. The molecular weight excluding hydrogens is 390 g/mol. The lowest BCUT2D eigenvalue weighted by Crippen LogP contribution is -2.45. The Kier molecular flexibility index (Phi) is 6.46. The third kappa shape index (κ3) is 3.86. The van der Waals surface area contributed by atoms with Gasteiger partial charge in [-0.15, -0.1) is 0 Å². The van der Waals surface area contributed by atoms with E-state index in [1.807, 2.05) is 0 Å². The zero-order valence-electron chi connectivity index (χ0n) is 16.6. The van der Waals surface area contributed by atoms with Crippen LogP contribution in [0, 0.1) is 0 Å². The van der Waals surface area contributed by atoms with Crippen LogP contribution in [-0.2, 0) is 42.7 Å². The lowest BCUT2D eigenvalue weighted by molar-refractivity contribution is -0.145. The Balaban J connectivity index is 2.75. The third-order valence-electron chi connectivity index (χ3n) is 4.21. The molecule has 0 aliphatic carbocycles. The van der Waals surface area contributed by atoms with E-state index in [-0.39, 0.29) is 29.5 Å². The SMILES string of the molecule is CCOC(=O)CNC1=C(C(=O)OC)C(C(=O)OC)c2c(n(C)c(=O)n(C)c2=O)O1. The van der Waals surface area contributed by atoms with E-state index in [1.54, 1.807) is 6.92 Å². The van der Waals surface area contributed by atoms with Gasteiger partial charge >= 0.3 is 23.6 Å². The highest BCUT2D eigenvalue weighted by molar-refractivity contribution is 6.00. The summed E-state index contributed by atoms with van der Waals surface area (Å²) in [6, 6.07) is 0. The van der Waals surface area contributed by atoms with Crippen LogP contribution in [0.5, 0.6) is 5.88 Å². The van der Waals surface area contributed by atoms with Gasteiger partial charge in [0.05, 0.1) is 26.4 Å². The number of carbonyl (C=O) groups excluding carboxylic acids is 3. The Morgan fingerprint density at radius 1 is 1.10 bits per heavy atom. The second-order valence-corrected chi connectivity index (χ2v) is 5.88. The number of fused-ring (bicyclic) bond motifs is 1. The molecule has 1 aromatic heterocycles. The molecule has 1 atom stereocenters. The van der Waals surface area contributed by atoms with E-state index in [4.69, 9.17) is 18.9 Å². The van der Waals surface area contributed by atoms with Gasteiger partial charge in [-0.25, -0.2) is 9.59 Å². The zero-order valence-corrected chi connectivity index (χ0v) is 16.6. The summed E-state index contributed by atoms with van der Waals surface area (Å²) in [4.78, 5) is 61.6. The van der Waals surface area contributed by atoms with Crippen LogP contribution in [0.3, 0.4) is 0 Å². The molecule has 0 spiro atoms. The first-order valence-electron chi connectivity index (χ1n) is 8.47.